The molecular formula is C11H22S. The van der Waals surface area contributed by atoms with Gasteiger partial charge in [-0.15, -0.1) is 0 Å². The van der Waals surface area contributed by atoms with E-state index in [9.17, 15) is 0 Å². The lowest BCUT2D eigenvalue weighted by molar-refractivity contribution is 0.229. The first-order valence-corrected chi connectivity index (χ1v) is 5.78. The lowest BCUT2D eigenvalue weighted by Gasteiger charge is -2.28. The molecule has 0 aromatic carbocycles. The van der Waals surface area contributed by atoms with Gasteiger partial charge in [0.25, 0.3) is 0 Å². The van der Waals surface area contributed by atoms with Crippen LogP contribution in [0.1, 0.15) is 47.0 Å². The molecule has 72 valence electrons. The molecule has 0 radical (unpaired) electrons. The summed E-state index contributed by atoms with van der Waals surface area (Å²) in [6.45, 7) is 9.39. The van der Waals surface area contributed by atoms with Gasteiger partial charge in [-0.05, 0) is 30.1 Å². The van der Waals surface area contributed by atoms with E-state index in [0.717, 1.165) is 11.8 Å². The SMILES string of the molecule is CCC(C)C(C)C1(CC)CC1S. The molecule has 1 rings (SSSR count). The van der Waals surface area contributed by atoms with Gasteiger partial charge in [0.15, 0.2) is 0 Å². The molecule has 0 nitrogen and oxygen atoms in total. The Balaban J connectivity index is 2.56. The number of rotatable bonds is 4. The number of hydrogen-bond acceptors (Lipinski definition) is 1. The highest BCUT2D eigenvalue weighted by molar-refractivity contribution is 7.81. The van der Waals surface area contributed by atoms with E-state index in [-0.39, 0.29) is 0 Å². The third-order valence-electron chi connectivity index (χ3n) is 4.14. The molecule has 0 bridgehead atoms. The molecule has 0 aliphatic heterocycles. The first-order valence-electron chi connectivity index (χ1n) is 5.26. The van der Waals surface area contributed by atoms with Gasteiger partial charge in [0.1, 0.15) is 0 Å². The normalized spacial score (nSPS) is 39.2. The second-order valence-electron chi connectivity index (χ2n) is 4.48. The van der Waals surface area contributed by atoms with Crippen molar-refractivity contribution < 1.29 is 0 Å². The van der Waals surface area contributed by atoms with E-state index in [0.29, 0.717) is 10.7 Å². The van der Waals surface area contributed by atoms with Crippen LogP contribution in [0.5, 0.6) is 0 Å². The molecule has 12 heavy (non-hydrogen) atoms. The average molecular weight is 186 g/mol. The highest BCUT2D eigenvalue weighted by Crippen LogP contribution is 2.59. The molecule has 0 aromatic heterocycles. The van der Waals surface area contributed by atoms with Gasteiger partial charge in [-0.25, -0.2) is 0 Å². The van der Waals surface area contributed by atoms with E-state index < -0.39 is 0 Å². The van der Waals surface area contributed by atoms with Crippen LogP contribution in [0, 0.1) is 17.3 Å². The summed E-state index contributed by atoms with van der Waals surface area (Å²) in [7, 11) is 0. The molecule has 4 atom stereocenters. The van der Waals surface area contributed by atoms with Crippen LogP contribution >= 0.6 is 12.6 Å². The summed E-state index contributed by atoms with van der Waals surface area (Å²) in [4.78, 5) is 0. The second kappa shape index (κ2) is 3.61. The molecule has 0 N–H and O–H groups in total. The summed E-state index contributed by atoms with van der Waals surface area (Å²) in [6.07, 6.45) is 3.97. The largest absolute Gasteiger partial charge is 0.175 e. The van der Waals surface area contributed by atoms with E-state index in [1.165, 1.54) is 19.3 Å². The van der Waals surface area contributed by atoms with E-state index in [1.54, 1.807) is 0 Å². The zero-order valence-electron chi connectivity index (χ0n) is 8.80. The fourth-order valence-corrected chi connectivity index (χ4v) is 3.17. The van der Waals surface area contributed by atoms with E-state index in [1.807, 2.05) is 0 Å². The van der Waals surface area contributed by atoms with Crippen molar-refractivity contribution in [1.82, 2.24) is 0 Å². The molecule has 0 aromatic rings. The lowest BCUT2D eigenvalue weighted by atomic mass is 9.78. The average Bonchev–Trinajstić information content (AvgIpc) is 2.75. The van der Waals surface area contributed by atoms with Crippen molar-refractivity contribution in [3.05, 3.63) is 0 Å². The van der Waals surface area contributed by atoms with Crippen LogP contribution in [-0.2, 0) is 0 Å². The fraction of sp³-hybridized carbons (Fsp3) is 1.00. The van der Waals surface area contributed by atoms with Crippen LogP contribution in [-0.4, -0.2) is 5.25 Å². The van der Waals surface area contributed by atoms with Crippen LogP contribution in [0.2, 0.25) is 0 Å². The Kier molecular flexibility index (Phi) is 3.14. The van der Waals surface area contributed by atoms with Gasteiger partial charge in [0.2, 0.25) is 0 Å². The Morgan fingerprint density at radius 2 is 1.92 bits per heavy atom. The van der Waals surface area contributed by atoms with Crippen LogP contribution in [0.4, 0.5) is 0 Å². The first kappa shape index (κ1) is 10.4. The molecule has 0 spiro atoms. The molecule has 4 unspecified atom stereocenters. The smallest absolute Gasteiger partial charge is 0.00820 e. The molecule has 0 heterocycles. The molecule has 1 heteroatoms. The Bertz CT molecular complexity index is 151. The summed E-state index contributed by atoms with van der Waals surface area (Å²) in [5.74, 6) is 1.72. The number of hydrogen-bond donors (Lipinski definition) is 1. The summed E-state index contributed by atoms with van der Waals surface area (Å²) < 4.78 is 0. The summed E-state index contributed by atoms with van der Waals surface area (Å²) in [5.41, 5.74) is 0.596. The minimum atomic E-state index is 0.596. The maximum atomic E-state index is 4.61. The highest BCUT2D eigenvalue weighted by atomic mass is 32.1. The predicted molar refractivity (Wildman–Crippen MR) is 58.7 cm³/mol. The van der Waals surface area contributed by atoms with Crippen LogP contribution in [0.25, 0.3) is 0 Å². The van der Waals surface area contributed by atoms with Crippen molar-refractivity contribution in [3.8, 4) is 0 Å². The maximum absolute atomic E-state index is 4.61. The van der Waals surface area contributed by atoms with Crippen LogP contribution in [0.15, 0.2) is 0 Å². The van der Waals surface area contributed by atoms with Crippen molar-refractivity contribution in [1.29, 1.82) is 0 Å². The van der Waals surface area contributed by atoms with Gasteiger partial charge in [-0.3, -0.25) is 0 Å². The zero-order chi connectivity index (χ0) is 9.35. The van der Waals surface area contributed by atoms with E-state index in [4.69, 9.17) is 0 Å². The second-order valence-corrected chi connectivity index (χ2v) is 5.10. The van der Waals surface area contributed by atoms with Crippen molar-refractivity contribution in [2.24, 2.45) is 17.3 Å². The topological polar surface area (TPSA) is 0 Å². The van der Waals surface area contributed by atoms with Gasteiger partial charge in [-0.1, -0.05) is 34.1 Å². The molecule has 1 aliphatic rings. The Hall–Kier alpha value is 0.350. The van der Waals surface area contributed by atoms with Gasteiger partial charge in [0, 0.05) is 5.25 Å². The van der Waals surface area contributed by atoms with Crippen LogP contribution < -0.4 is 0 Å². The molecular weight excluding hydrogens is 164 g/mol. The van der Waals surface area contributed by atoms with Crippen molar-refractivity contribution in [3.63, 3.8) is 0 Å². The summed E-state index contributed by atoms with van der Waals surface area (Å²) >= 11 is 4.61. The van der Waals surface area contributed by atoms with Gasteiger partial charge < -0.3 is 0 Å². The number of thiol groups is 1. The molecule has 1 fully saturated rings. The monoisotopic (exact) mass is 186 g/mol. The Morgan fingerprint density at radius 3 is 2.17 bits per heavy atom. The van der Waals surface area contributed by atoms with E-state index >= 15 is 0 Å². The van der Waals surface area contributed by atoms with Gasteiger partial charge >= 0.3 is 0 Å². The van der Waals surface area contributed by atoms with Crippen LogP contribution in [0.3, 0.4) is 0 Å². The molecule has 1 saturated carbocycles. The minimum absolute atomic E-state index is 0.596. The summed E-state index contributed by atoms with van der Waals surface area (Å²) in [6, 6.07) is 0. The summed E-state index contributed by atoms with van der Waals surface area (Å²) in [5, 5.41) is 0.687. The van der Waals surface area contributed by atoms with E-state index in [2.05, 4.69) is 40.3 Å². The predicted octanol–water partition coefficient (Wildman–Crippen LogP) is 3.77. The third kappa shape index (κ3) is 1.53. The molecule has 0 saturated heterocycles. The lowest BCUT2D eigenvalue weighted by Crippen LogP contribution is -2.21. The van der Waals surface area contributed by atoms with Crippen molar-refractivity contribution in [2.75, 3.05) is 0 Å². The fourth-order valence-electron chi connectivity index (χ4n) is 2.41. The van der Waals surface area contributed by atoms with Gasteiger partial charge in [-0.2, -0.15) is 12.6 Å². The first-order chi connectivity index (χ1) is 5.58. The van der Waals surface area contributed by atoms with Crippen molar-refractivity contribution >= 4 is 12.6 Å². The Morgan fingerprint density at radius 1 is 1.42 bits per heavy atom. The van der Waals surface area contributed by atoms with Gasteiger partial charge in [0.05, 0.1) is 0 Å². The zero-order valence-corrected chi connectivity index (χ0v) is 9.70. The third-order valence-corrected chi connectivity index (χ3v) is 4.84. The quantitative estimate of drug-likeness (QED) is 0.635. The standard InChI is InChI=1S/C11H22S/c1-5-8(3)9(4)11(6-2)7-10(11)12/h8-10,12H,5-7H2,1-4H3. The molecule has 1 aliphatic carbocycles. The van der Waals surface area contributed by atoms with Crippen molar-refractivity contribution in [2.45, 2.75) is 52.2 Å². The highest BCUT2D eigenvalue weighted by Gasteiger charge is 2.54. The minimum Gasteiger partial charge on any atom is -0.175 e. The molecule has 0 amide bonds. The maximum Gasteiger partial charge on any atom is 0.00820 e. The Labute approximate surface area is 82.5 Å².